The van der Waals surface area contributed by atoms with Crippen molar-refractivity contribution in [2.24, 2.45) is 5.92 Å². The molecule has 0 spiro atoms. The van der Waals surface area contributed by atoms with Gasteiger partial charge in [0, 0.05) is 19.1 Å². The second-order valence-corrected chi connectivity index (χ2v) is 6.61. The molecule has 0 radical (unpaired) electrons. The van der Waals surface area contributed by atoms with Gasteiger partial charge in [-0.25, -0.2) is 0 Å². The average molecular weight is 337 g/mol. The minimum absolute atomic E-state index is 0.171. The molecule has 0 unspecified atom stereocenters. The van der Waals surface area contributed by atoms with Crippen LogP contribution in [-0.4, -0.2) is 38.8 Å². The standard InChI is InChI=1S/C14H19N5O3S/c1-8(2)12-17-14(22-18-12)11(9-3-5-21-6-4-9)16-13(20)10-7-15-19-23-10/h7-9,11H,3-6H2,1-2H3,(H,16,20)/t11-/m0/s1. The highest BCUT2D eigenvalue weighted by atomic mass is 32.1. The van der Waals surface area contributed by atoms with E-state index in [1.54, 1.807) is 0 Å². The highest BCUT2D eigenvalue weighted by Crippen LogP contribution is 2.30. The predicted octanol–water partition coefficient (Wildman–Crippen LogP) is 1.94. The number of aromatic nitrogens is 4. The Morgan fingerprint density at radius 3 is 2.78 bits per heavy atom. The molecule has 1 saturated heterocycles. The van der Waals surface area contributed by atoms with Crippen molar-refractivity contribution in [1.29, 1.82) is 0 Å². The zero-order chi connectivity index (χ0) is 16.2. The fourth-order valence-corrected chi connectivity index (χ4v) is 2.94. The van der Waals surface area contributed by atoms with Gasteiger partial charge in [0.1, 0.15) is 10.9 Å². The van der Waals surface area contributed by atoms with E-state index >= 15 is 0 Å². The van der Waals surface area contributed by atoms with Crippen molar-refractivity contribution >= 4 is 17.4 Å². The lowest BCUT2D eigenvalue weighted by Crippen LogP contribution is -2.36. The number of hydrogen-bond donors (Lipinski definition) is 1. The number of carbonyl (C=O) groups is 1. The van der Waals surface area contributed by atoms with E-state index in [1.165, 1.54) is 6.20 Å². The normalized spacial score (nSPS) is 17.3. The van der Waals surface area contributed by atoms with Crippen molar-refractivity contribution < 1.29 is 14.1 Å². The molecule has 1 atom stereocenters. The topological polar surface area (TPSA) is 103 Å². The van der Waals surface area contributed by atoms with Crippen molar-refractivity contribution in [2.75, 3.05) is 13.2 Å². The molecule has 3 heterocycles. The van der Waals surface area contributed by atoms with Crippen LogP contribution in [0.5, 0.6) is 0 Å². The maximum atomic E-state index is 12.4. The van der Waals surface area contributed by atoms with Gasteiger partial charge in [-0.1, -0.05) is 23.5 Å². The lowest BCUT2D eigenvalue weighted by Gasteiger charge is -2.28. The molecule has 1 amide bonds. The zero-order valence-corrected chi connectivity index (χ0v) is 13.9. The largest absolute Gasteiger partial charge is 0.381 e. The van der Waals surface area contributed by atoms with Crippen LogP contribution in [0, 0.1) is 5.92 Å². The number of ether oxygens (including phenoxy) is 1. The summed E-state index contributed by atoms with van der Waals surface area (Å²) in [5.41, 5.74) is 0. The molecule has 3 rings (SSSR count). The van der Waals surface area contributed by atoms with Gasteiger partial charge in [0.15, 0.2) is 5.82 Å². The van der Waals surface area contributed by atoms with Gasteiger partial charge in [0.25, 0.3) is 5.91 Å². The van der Waals surface area contributed by atoms with E-state index in [2.05, 4.69) is 25.0 Å². The Morgan fingerprint density at radius 1 is 1.39 bits per heavy atom. The van der Waals surface area contributed by atoms with E-state index in [9.17, 15) is 4.79 Å². The average Bonchev–Trinajstić information content (AvgIpc) is 3.24. The number of nitrogens with one attached hydrogen (secondary N) is 1. The molecule has 23 heavy (non-hydrogen) atoms. The van der Waals surface area contributed by atoms with Gasteiger partial charge in [-0.3, -0.25) is 4.79 Å². The van der Waals surface area contributed by atoms with Gasteiger partial charge in [0.05, 0.1) is 6.20 Å². The Balaban J connectivity index is 1.81. The predicted molar refractivity (Wildman–Crippen MR) is 82.0 cm³/mol. The first-order chi connectivity index (χ1) is 11.1. The van der Waals surface area contributed by atoms with Gasteiger partial charge >= 0.3 is 0 Å². The van der Waals surface area contributed by atoms with Crippen molar-refractivity contribution in [3.63, 3.8) is 0 Å². The van der Waals surface area contributed by atoms with E-state index < -0.39 is 0 Å². The maximum absolute atomic E-state index is 12.4. The summed E-state index contributed by atoms with van der Waals surface area (Å²) in [5, 5.41) is 10.7. The van der Waals surface area contributed by atoms with Crippen LogP contribution in [0.4, 0.5) is 0 Å². The summed E-state index contributed by atoms with van der Waals surface area (Å²) in [6, 6.07) is -0.325. The summed E-state index contributed by atoms with van der Waals surface area (Å²) in [5.74, 6) is 1.25. The third-order valence-electron chi connectivity index (χ3n) is 3.85. The molecule has 0 aromatic carbocycles. The Bertz CT molecular complexity index is 637. The maximum Gasteiger partial charge on any atom is 0.265 e. The molecule has 0 saturated carbocycles. The Hall–Kier alpha value is -1.87. The van der Waals surface area contributed by atoms with Crippen LogP contribution in [0.3, 0.4) is 0 Å². The number of amides is 1. The van der Waals surface area contributed by atoms with Gasteiger partial charge in [-0.2, -0.15) is 4.98 Å². The summed E-state index contributed by atoms with van der Waals surface area (Å²) in [6.07, 6.45) is 3.13. The quantitative estimate of drug-likeness (QED) is 0.889. The second-order valence-electron chi connectivity index (χ2n) is 5.83. The monoisotopic (exact) mass is 337 g/mol. The number of carbonyl (C=O) groups excluding carboxylic acids is 1. The lowest BCUT2D eigenvalue weighted by molar-refractivity contribution is 0.0468. The van der Waals surface area contributed by atoms with Gasteiger partial charge in [-0.15, -0.1) is 5.10 Å². The molecule has 124 valence electrons. The summed E-state index contributed by atoms with van der Waals surface area (Å²) in [7, 11) is 0. The molecule has 0 aliphatic carbocycles. The van der Waals surface area contributed by atoms with Gasteiger partial charge < -0.3 is 14.6 Å². The SMILES string of the molecule is CC(C)c1noc([C@@H](NC(=O)c2cnns2)C2CCOCC2)n1. The molecule has 0 bridgehead atoms. The van der Waals surface area contributed by atoms with Crippen LogP contribution in [0.1, 0.15) is 60.0 Å². The smallest absolute Gasteiger partial charge is 0.265 e. The Kier molecular flexibility index (Phi) is 4.97. The van der Waals surface area contributed by atoms with Crippen LogP contribution in [0.2, 0.25) is 0 Å². The van der Waals surface area contributed by atoms with Crippen LogP contribution in [-0.2, 0) is 4.74 Å². The molecule has 1 aliphatic rings. The van der Waals surface area contributed by atoms with Crippen molar-refractivity contribution in [3.8, 4) is 0 Å². The molecule has 9 heteroatoms. The van der Waals surface area contributed by atoms with E-state index in [1.807, 2.05) is 13.8 Å². The first-order valence-electron chi connectivity index (χ1n) is 7.64. The molecule has 8 nitrogen and oxygen atoms in total. The molecule has 2 aromatic rings. The van der Waals surface area contributed by atoms with Gasteiger partial charge in [0.2, 0.25) is 5.89 Å². The summed E-state index contributed by atoms with van der Waals surface area (Å²) in [6.45, 7) is 5.34. The molecule has 1 N–H and O–H groups in total. The minimum atomic E-state index is -0.325. The summed E-state index contributed by atoms with van der Waals surface area (Å²) >= 11 is 1.06. The molecule has 1 aliphatic heterocycles. The number of rotatable bonds is 5. The zero-order valence-electron chi connectivity index (χ0n) is 13.1. The van der Waals surface area contributed by atoms with E-state index in [4.69, 9.17) is 9.26 Å². The van der Waals surface area contributed by atoms with Crippen LogP contribution < -0.4 is 5.32 Å². The fourth-order valence-electron chi connectivity index (χ4n) is 2.52. The minimum Gasteiger partial charge on any atom is -0.381 e. The Morgan fingerprint density at radius 2 is 2.17 bits per heavy atom. The lowest BCUT2D eigenvalue weighted by atomic mass is 9.91. The van der Waals surface area contributed by atoms with E-state index in [0.29, 0.717) is 29.8 Å². The molecule has 1 fully saturated rings. The summed E-state index contributed by atoms with van der Waals surface area (Å²) in [4.78, 5) is 17.3. The van der Waals surface area contributed by atoms with Crippen LogP contribution in [0.25, 0.3) is 0 Å². The molecule has 2 aromatic heterocycles. The number of hydrogen-bond acceptors (Lipinski definition) is 8. The summed E-state index contributed by atoms with van der Waals surface area (Å²) < 4.78 is 14.5. The Labute approximate surface area is 137 Å². The van der Waals surface area contributed by atoms with Crippen molar-refractivity contribution in [1.82, 2.24) is 25.0 Å². The van der Waals surface area contributed by atoms with Crippen molar-refractivity contribution in [2.45, 2.75) is 38.6 Å². The highest BCUT2D eigenvalue weighted by molar-refractivity contribution is 7.07. The highest BCUT2D eigenvalue weighted by Gasteiger charge is 2.32. The van der Waals surface area contributed by atoms with Crippen LogP contribution in [0.15, 0.2) is 10.7 Å². The third kappa shape index (κ3) is 3.73. The van der Waals surface area contributed by atoms with E-state index in [0.717, 1.165) is 24.4 Å². The van der Waals surface area contributed by atoms with Crippen molar-refractivity contribution in [3.05, 3.63) is 22.8 Å². The van der Waals surface area contributed by atoms with E-state index in [-0.39, 0.29) is 23.8 Å². The van der Waals surface area contributed by atoms with Crippen LogP contribution >= 0.6 is 11.5 Å². The molecular formula is C14H19N5O3S. The molecular weight excluding hydrogens is 318 g/mol. The number of nitrogens with zero attached hydrogens (tertiary/aromatic N) is 4. The van der Waals surface area contributed by atoms with Gasteiger partial charge in [-0.05, 0) is 30.3 Å². The fraction of sp³-hybridized carbons (Fsp3) is 0.643. The first kappa shape index (κ1) is 16.0. The third-order valence-corrected chi connectivity index (χ3v) is 4.51. The first-order valence-corrected chi connectivity index (χ1v) is 8.42. The second kappa shape index (κ2) is 7.14.